The van der Waals surface area contributed by atoms with Crippen molar-refractivity contribution in [1.29, 1.82) is 0 Å². The lowest BCUT2D eigenvalue weighted by Gasteiger charge is -2.17. The lowest BCUT2D eigenvalue weighted by atomic mass is 10.1. The second-order valence-electron chi connectivity index (χ2n) is 5.19. The van der Waals surface area contributed by atoms with Crippen LogP contribution in [0, 0.1) is 6.92 Å². The zero-order chi connectivity index (χ0) is 13.4. The van der Waals surface area contributed by atoms with Crippen LogP contribution in [-0.2, 0) is 6.54 Å². The fraction of sp³-hybridized carbons (Fsp3) is 0.667. The molecular weight excluding hydrogens is 222 g/mol. The molecule has 3 nitrogen and oxygen atoms in total. The molecular formula is C15H27N3. The quantitative estimate of drug-likeness (QED) is 0.718. The molecule has 0 radical (unpaired) electrons. The zero-order valence-corrected chi connectivity index (χ0v) is 12.2. The molecule has 102 valence electrons. The molecule has 0 aromatic carbocycles. The van der Waals surface area contributed by atoms with Gasteiger partial charge in [0.1, 0.15) is 0 Å². The number of nitrogens with one attached hydrogen (secondary N) is 1. The van der Waals surface area contributed by atoms with Gasteiger partial charge in [0.2, 0.25) is 0 Å². The van der Waals surface area contributed by atoms with E-state index in [2.05, 4.69) is 41.3 Å². The number of pyridine rings is 1. The van der Waals surface area contributed by atoms with Crippen LogP contribution in [-0.4, -0.2) is 36.6 Å². The molecule has 1 atom stereocenters. The molecule has 1 heterocycles. The molecule has 0 saturated carbocycles. The van der Waals surface area contributed by atoms with Gasteiger partial charge in [-0.2, -0.15) is 0 Å². The third-order valence-electron chi connectivity index (χ3n) is 3.30. The molecule has 0 amide bonds. The monoisotopic (exact) mass is 249 g/mol. The maximum atomic E-state index is 4.53. The molecule has 1 unspecified atom stereocenters. The highest BCUT2D eigenvalue weighted by molar-refractivity contribution is 5.09. The van der Waals surface area contributed by atoms with Crippen LogP contribution >= 0.6 is 0 Å². The number of aryl methyl sites for hydroxylation is 1. The van der Waals surface area contributed by atoms with Gasteiger partial charge in [-0.15, -0.1) is 0 Å². The van der Waals surface area contributed by atoms with Gasteiger partial charge in [-0.1, -0.05) is 12.5 Å². The Kier molecular flexibility index (Phi) is 6.91. The number of hydrogen-bond acceptors (Lipinski definition) is 3. The molecule has 0 aliphatic carbocycles. The Balaban J connectivity index is 2.19. The first-order chi connectivity index (χ1) is 8.61. The van der Waals surface area contributed by atoms with Gasteiger partial charge >= 0.3 is 0 Å². The van der Waals surface area contributed by atoms with Crippen molar-refractivity contribution in [2.45, 2.75) is 45.7 Å². The number of unbranched alkanes of at least 4 members (excludes halogenated alkanes) is 1. The summed E-state index contributed by atoms with van der Waals surface area (Å²) in [6.45, 7) is 6.37. The highest BCUT2D eigenvalue weighted by Gasteiger charge is 2.03. The summed E-state index contributed by atoms with van der Waals surface area (Å²) in [6, 6.07) is 6.86. The molecule has 3 heteroatoms. The number of hydrogen-bond donors (Lipinski definition) is 1. The standard InChI is InChI=1S/C15H27N3/c1-13(16-3)8-5-6-11-18(4)12-15-10-7-9-14(2)17-15/h7,9-10,13,16H,5-6,8,11-12H2,1-4H3. The van der Waals surface area contributed by atoms with Crippen LogP contribution in [0.15, 0.2) is 18.2 Å². The minimum Gasteiger partial charge on any atom is -0.317 e. The van der Waals surface area contributed by atoms with Gasteiger partial charge in [0.05, 0.1) is 5.69 Å². The van der Waals surface area contributed by atoms with Crippen molar-refractivity contribution in [3.05, 3.63) is 29.6 Å². The SMILES string of the molecule is CNC(C)CCCCN(C)Cc1cccc(C)n1. The van der Waals surface area contributed by atoms with Crippen molar-refractivity contribution in [2.24, 2.45) is 0 Å². The fourth-order valence-corrected chi connectivity index (χ4v) is 2.02. The van der Waals surface area contributed by atoms with Gasteiger partial charge in [0.25, 0.3) is 0 Å². The summed E-state index contributed by atoms with van der Waals surface area (Å²) in [4.78, 5) is 6.88. The average Bonchev–Trinajstić information content (AvgIpc) is 2.34. The number of nitrogens with zero attached hydrogens (tertiary/aromatic N) is 2. The highest BCUT2D eigenvalue weighted by atomic mass is 15.1. The minimum absolute atomic E-state index is 0.633. The van der Waals surface area contributed by atoms with Gasteiger partial charge in [0.15, 0.2) is 0 Å². The summed E-state index contributed by atoms with van der Waals surface area (Å²) in [5.41, 5.74) is 2.27. The predicted octanol–water partition coefficient (Wildman–Crippen LogP) is 2.60. The molecule has 1 aromatic rings. The minimum atomic E-state index is 0.633. The first-order valence-corrected chi connectivity index (χ1v) is 6.90. The van der Waals surface area contributed by atoms with E-state index in [0.717, 1.165) is 18.8 Å². The molecule has 1 N–H and O–H groups in total. The van der Waals surface area contributed by atoms with E-state index in [1.807, 2.05) is 20.0 Å². The van der Waals surface area contributed by atoms with Crippen LogP contribution in [0.1, 0.15) is 37.6 Å². The molecule has 0 fully saturated rings. The predicted molar refractivity (Wildman–Crippen MR) is 77.7 cm³/mol. The molecule has 1 aromatic heterocycles. The van der Waals surface area contributed by atoms with Crippen LogP contribution in [0.3, 0.4) is 0 Å². The van der Waals surface area contributed by atoms with Crippen LogP contribution in [0.5, 0.6) is 0 Å². The smallest absolute Gasteiger partial charge is 0.0547 e. The Hall–Kier alpha value is -0.930. The van der Waals surface area contributed by atoms with E-state index in [-0.39, 0.29) is 0 Å². The van der Waals surface area contributed by atoms with Crippen molar-refractivity contribution >= 4 is 0 Å². The van der Waals surface area contributed by atoms with E-state index in [9.17, 15) is 0 Å². The average molecular weight is 249 g/mol. The van der Waals surface area contributed by atoms with E-state index in [0.29, 0.717) is 6.04 Å². The zero-order valence-electron chi connectivity index (χ0n) is 12.2. The van der Waals surface area contributed by atoms with Crippen molar-refractivity contribution in [3.63, 3.8) is 0 Å². The van der Waals surface area contributed by atoms with Gasteiger partial charge in [-0.25, -0.2) is 0 Å². The Morgan fingerprint density at radius 2 is 2.11 bits per heavy atom. The summed E-state index contributed by atoms with van der Waals surface area (Å²) >= 11 is 0. The van der Waals surface area contributed by atoms with E-state index in [1.165, 1.54) is 25.0 Å². The molecule has 0 spiro atoms. The topological polar surface area (TPSA) is 28.2 Å². The third kappa shape index (κ3) is 6.12. The molecule has 0 aliphatic heterocycles. The first kappa shape index (κ1) is 15.1. The first-order valence-electron chi connectivity index (χ1n) is 6.90. The fourth-order valence-electron chi connectivity index (χ4n) is 2.02. The number of aromatic nitrogens is 1. The molecule has 0 saturated heterocycles. The molecule has 18 heavy (non-hydrogen) atoms. The summed E-state index contributed by atoms with van der Waals surface area (Å²) in [5, 5.41) is 3.28. The maximum Gasteiger partial charge on any atom is 0.0547 e. The van der Waals surface area contributed by atoms with Gasteiger partial charge in [-0.3, -0.25) is 4.98 Å². The van der Waals surface area contributed by atoms with Gasteiger partial charge in [-0.05, 0) is 59.5 Å². The Bertz CT molecular complexity index is 338. The van der Waals surface area contributed by atoms with Gasteiger partial charge < -0.3 is 10.2 Å². The molecule has 1 rings (SSSR count). The van der Waals surface area contributed by atoms with Gasteiger partial charge in [0, 0.05) is 18.3 Å². The van der Waals surface area contributed by atoms with Crippen LogP contribution in [0.4, 0.5) is 0 Å². The Morgan fingerprint density at radius 1 is 1.33 bits per heavy atom. The summed E-state index contributed by atoms with van der Waals surface area (Å²) < 4.78 is 0. The maximum absolute atomic E-state index is 4.53. The van der Waals surface area contributed by atoms with Crippen molar-refractivity contribution < 1.29 is 0 Å². The van der Waals surface area contributed by atoms with E-state index in [1.54, 1.807) is 0 Å². The second kappa shape index (κ2) is 8.22. The van der Waals surface area contributed by atoms with E-state index >= 15 is 0 Å². The molecule has 0 bridgehead atoms. The summed E-state index contributed by atoms with van der Waals surface area (Å²) in [6.07, 6.45) is 3.80. The van der Waals surface area contributed by atoms with Crippen LogP contribution < -0.4 is 5.32 Å². The number of rotatable bonds is 8. The Labute approximate surface area is 112 Å². The third-order valence-corrected chi connectivity index (χ3v) is 3.30. The lowest BCUT2D eigenvalue weighted by molar-refractivity contribution is 0.311. The summed E-state index contributed by atoms with van der Waals surface area (Å²) in [5.74, 6) is 0. The van der Waals surface area contributed by atoms with E-state index < -0.39 is 0 Å². The largest absolute Gasteiger partial charge is 0.317 e. The van der Waals surface area contributed by atoms with Crippen molar-refractivity contribution in [3.8, 4) is 0 Å². The van der Waals surface area contributed by atoms with Crippen LogP contribution in [0.2, 0.25) is 0 Å². The van der Waals surface area contributed by atoms with Crippen LogP contribution in [0.25, 0.3) is 0 Å². The normalized spacial score (nSPS) is 12.9. The lowest BCUT2D eigenvalue weighted by Crippen LogP contribution is -2.22. The van der Waals surface area contributed by atoms with E-state index in [4.69, 9.17) is 0 Å². The van der Waals surface area contributed by atoms with Crippen molar-refractivity contribution in [1.82, 2.24) is 15.2 Å². The summed E-state index contributed by atoms with van der Waals surface area (Å²) in [7, 11) is 4.20. The second-order valence-corrected chi connectivity index (χ2v) is 5.19. The van der Waals surface area contributed by atoms with Crippen molar-refractivity contribution in [2.75, 3.05) is 20.6 Å². The highest BCUT2D eigenvalue weighted by Crippen LogP contribution is 2.05. The Morgan fingerprint density at radius 3 is 2.78 bits per heavy atom. The molecule has 0 aliphatic rings.